The number of nitrogens with one attached hydrogen (secondary N) is 1. The van der Waals surface area contributed by atoms with E-state index in [2.05, 4.69) is 21.2 Å². The number of hydrogen-bond acceptors (Lipinski definition) is 3. The molecule has 2 aromatic rings. The van der Waals surface area contributed by atoms with E-state index in [1.807, 2.05) is 12.1 Å². The van der Waals surface area contributed by atoms with Crippen LogP contribution in [0.4, 0.5) is 0 Å². The van der Waals surface area contributed by atoms with E-state index in [1.54, 1.807) is 29.2 Å². The van der Waals surface area contributed by atoms with Crippen LogP contribution in [0.5, 0.6) is 0 Å². The van der Waals surface area contributed by atoms with Crippen molar-refractivity contribution in [2.75, 3.05) is 13.1 Å². The van der Waals surface area contributed by atoms with Gasteiger partial charge in [0.1, 0.15) is 0 Å². The van der Waals surface area contributed by atoms with Gasteiger partial charge in [0.05, 0.1) is 6.42 Å². The minimum Gasteiger partial charge on any atom is -0.444 e. The van der Waals surface area contributed by atoms with Gasteiger partial charge in [-0.05, 0) is 58.6 Å². The highest BCUT2D eigenvalue weighted by Crippen LogP contribution is 2.19. The molecule has 7 heteroatoms. The molecular formula is C18H18BrClN2O3. The number of rotatable bonds is 4. The van der Waals surface area contributed by atoms with Gasteiger partial charge >= 0.3 is 0 Å². The summed E-state index contributed by atoms with van der Waals surface area (Å²) >= 11 is 9.05. The van der Waals surface area contributed by atoms with Gasteiger partial charge in [-0.25, -0.2) is 0 Å². The number of furan rings is 1. The van der Waals surface area contributed by atoms with Crippen molar-refractivity contribution in [1.82, 2.24) is 10.2 Å². The van der Waals surface area contributed by atoms with Crippen LogP contribution in [0.25, 0.3) is 0 Å². The predicted octanol–water partition coefficient (Wildman–Crippen LogP) is 3.66. The Hall–Kier alpha value is -1.79. The van der Waals surface area contributed by atoms with Crippen molar-refractivity contribution in [2.45, 2.75) is 25.3 Å². The molecular weight excluding hydrogens is 408 g/mol. The largest absolute Gasteiger partial charge is 0.444 e. The van der Waals surface area contributed by atoms with Crippen LogP contribution in [0.2, 0.25) is 5.02 Å². The number of likely N-dealkylation sites (tertiary alicyclic amines) is 1. The average Bonchev–Trinajstić information content (AvgIpc) is 3.03. The van der Waals surface area contributed by atoms with Crippen LogP contribution in [0.1, 0.15) is 29.0 Å². The van der Waals surface area contributed by atoms with Crippen molar-refractivity contribution in [3.63, 3.8) is 0 Å². The molecule has 1 aromatic heterocycles. The SMILES string of the molecule is O=C(Cc1ccc(Cl)cc1)NC1CCN(C(=O)c2ccc(Br)o2)CC1. The van der Waals surface area contributed by atoms with Gasteiger partial charge in [-0.1, -0.05) is 23.7 Å². The van der Waals surface area contributed by atoms with Gasteiger partial charge in [-0.2, -0.15) is 0 Å². The van der Waals surface area contributed by atoms with Gasteiger partial charge in [-0.3, -0.25) is 9.59 Å². The number of nitrogens with zero attached hydrogens (tertiary/aromatic N) is 1. The van der Waals surface area contributed by atoms with Gasteiger partial charge < -0.3 is 14.6 Å². The fourth-order valence-electron chi connectivity index (χ4n) is 2.88. The van der Waals surface area contributed by atoms with Crippen LogP contribution in [-0.2, 0) is 11.2 Å². The van der Waals surface area contributed by atoms with Crippen molar-refractivity contribution in [1.29, 1.82) is 0 Å². The summed E-state index contributed by atoms with van der Waals surface area (Å²) in [7, 11) is 0. The normalized spacial score (nSPS) is 15.2. The van der Waals surface area contributed by atoms with Gasteiger partial charge in [0.2, 0.25) is 5.91 Å². The molecule has 0 atom stereocenters. The second-order valence-corrected chi connectivity index (χ2v) is 7.26. The Balaban J connectivity index is 1.46. The van der Waals surface area contributed by atoms with Gasteiger partial charge in [0.15, 0.2) is 10.4 Å². The molecule has 0 radical (unpaired) electrons. The number of carbonyl (C=O) groups is 2. The lowest BCUT2D eigenvalue weighted by molar-refractivity contribution is -0.121. The fourth-order valence-corrected chi connectivity index (χ4v) is 3.31. The van der Waals surface area contributed by atoms with E-state index < -0.39 is 0 Å². The van der Waals surface area contributed by atoms with Gasteiger partial charge in [-0.15, -0.1) is 0 Å². The maximum absolute atomic E-state index is 12.3. The van der Waals surface area contributed by atoms with E-state index in [0.29, 0.717) is 35.0 Å². The third-order valence-electron chi connectivity index (χ3n) is 4.21. The molecule has 1 aliphatic heterocycles. The molecule has 5 nitrogen and oxygen atoms in total. The van der Waals surface area contributed by atoms with Crippen molar-refractivity contribution in [3.05, 3.63) is 57.4 Å². The maximum Gasteiger partial charge on any atom is 0.289 e. The van der Waals surface area contributed by atoms with Crippen LogP contribution in [-0.4, -0.2) is 35.8 Å². The number of hydrogen-bond donors (Lipinski definition) is 1. The predicted molar refractivity (Wildman–Crippen MR) is 98.6 cm³/mol. The van der Waals surface area contributed by atoms with Crippen LogP contribution >= 0.6 is 27.5 Å². The molecule has 1 fully saturated rings. The van der Waals surface area contributed by atoms with E-state index in [4.69, 9.17) is 16.0 Å². The van der Waals surface area contributed by atoms with E-state index in [-0.39, 0.29) is 17.9 Å². The molecule has 0 spiro atoms. The summed E-state index contributed by atoms with van der Waals surface area (Å²) in [5.74, 6) is 0.204. The summed E-state index contributed by atoms with van der Waals surface area (Å²) in [5.41, 5.74) is 0.929. The summed E-state index contributed by atoms with van der Waals surface area (Å²) in [6.45, 7) is 1.20. The zero-order valence-electron chi connectivity index (χ0n) is 13.5. The van der Waals surface area contributed by atoms with Crippen LogP contribution < -0.4 is 5.32 Å². The van der Waals surface area contributed by atoms with Crippen LogP contribution in [0, 0.1) is 0 Å². The molecule has 0 saturated carbocycles. The van der Waals surface area contributed by atoms with E-state index >= 15 is 0 Å². The van der Waals surface area contributed by atoms with Crippen molar-refractivity contribution in [2.24, 2.45) is 0 Å². The van der Waals surface area contributed by atoms with Gasteiger partial charge in [0, 0.05) is 24.2 Å². The summed E-state index contributed by atoms with van der Waals surface area (Å²) in [5, 5.41) is 3.70. The summed E-state index contributed by atoms with van der Waals surface area (Å²) in [6.07, 6.45) is 1.80. The minimum absolute atomic E-state index is 0.0120. The Bertz CT molecular complexity index is 752. The highest BCUT2D eigenvalue weighted by molar-refractivity contribution is 9.10. The van der Waals surface area contributed by atoms with Gasteiger partial charge in [0.25, 0.3) is 5.91 Å². The fraction of sp³-hybridized carbons (Fsp3) is 0.333. The van der Waals surface area contributed by atoms with Crippen molar-refractivity contribution >= 4 is 39.3 Å². The number of halogens is 2. The topological polar surface area (TPSA) is 62.6 Å². The molecule has 2 amide bonds. The molecule has 3 rings (SSSR count). The lowest BCUT2D eigenvalue weighted by atomic mass is 10.0. The molecule has 0 bridgehead atoms. The maximum atomic E-state index is 12.3. The smallest absolute Gasteiger partial charge is 0.289 e. The van der Waals surface area contributed by atoms with Crippen molar-refractivity contribution in [3.8, 4) is 0 Å². The highest BCUT2D eigenvalue weighted by atomic mass is 79.9. The molecule has 1 aliphatic rings. The quantitative estimate of drug-likeness (QED) is 0.813. The Labute approximate surface area is 159 Å². The second-order valence-electron chi connectivity index (χ2n) is 6.04. The molecule has 2 heterocycles. The average molecular weight is 426 g/mol. The van der Waals surface area contributed by atoms with E-state index in [0.717, 1.165) is 18.4 Å². The van der Waals surface area contributed by atoms with E-state index in [1.165, 1.54) is 0 Å². The van der Waals surface area contributed by atoms with Crippen LogP contribution in [0.15, 0.2) is 45.5 Å². The Kier molecular flexibility index (Phi) is 5.81. The first-order valence-corrected chi connectivity index (χ1v) is 9.27. The zero-order chi connectivity index (χ0) is 17.8. The highest BCUT2D eigenvalue weighted by Gasteiger charge is 2.26. The second kappa shape index (κ2) is 8.06. The Morgan fingerprint density at radius 3 is 2.44 bits per heavy atom. The summed E-state index contributed by atoms with van der Waals surface area (Å²) < 4.78 is 5.85. The Morgan fingerprint density at radius 2 is 1.84 bits per heavy atom. The molecule has 132 valence electrons. The number of carbonyl (C=O) groups excluding carboxylic acids is 2. The Morgan fingerprint density at radius 1 is 1.16 bits per heavy atom. The van der Waals surface area contributed by atoms with Crippen molar-refractivity contribution < 1.29 is 14.0 Å². The molecule has 1 aromatic carbocycles. The molecule has 1 N–H and O–H groups in total. The molecule has 25 heavy (non-hydrogen) atoms. The summed E-state index contributed by atoms with van der Waals surface area (Å²) in [6, 6.07) is 10.7. The molecule has 0 unspecified atom stereocenters. The van der Waals surface area contributed by atoms with E-state index in [9.17, 15) is 9.59 Å². The zero-order valence-corrected chi connectivity index (χ0v) is 15.8. The third-order valence-corrected chi connectivity index (χ3v) is 4.89. The third kappa shape index (κ3) is 4.86. The minimum atomic E-state index is -0.114. The first-order chi connectivity index (χ1) is 12.0. The number of piperidine rings is 1. The lowest BCUT2D eigenvalue weighted by Crippen LogP contribution is -2.46. The first kappa shape index (κ1) is 18.0. The summed E-state index contributed by atoms with van der Waals surface area (Å²) in [4.78, 5) is 26.2. The molecule has 0 aliphatic carbocycles. The number of benzene rings is 1. The standard InChI is InChI=1S/C18H18BrClN2O3/c19-16-6-5-15(25-16)18(24)22-9-7-14(8-10-22)21-17(23)11-12-1-3-13(20)4-2-12/h1-6,14H,7-11H2,(H,21,23). The first-order valence-electron chi connectivity index (χ1n) is 8.09. The number of amides is 2. The monoisotopic (exact) mass is 424 g/mol. The van der Waals surface area contributed by atoms with Crippen LogP contribution in [0.3, 0.4) is 0 Å². The lowest BCUT2D eigenvalue weighted by Gasteiger charge is -2.31. The molecule has 1 saturated heterocycles.